The van der Waals surface area contributed by atoms with E-state index < -0.39 is 34.5 Å². The van der Waals surface area contributed by atoms with Crippen LogP contribution in [-0.2, 0) is 4.79 Å². The maximum atomic E-state index is 13.6. The number of anilines is 1. The SMILES string of the molecule is CCCC1(C(=O)Nc2c(F)cc(F)cc2F)CCNCC1. The van der Waals surface area contributed by atoms with E-state index in [0.717, 1.165) is 6.42 Å². The molecule has 0 bridgehead atoms. The number of hydrogen-bond donors (Lipinski definition) is 2. The predicted octanol–water partition coefficient (Wildman–Crippen LogP) is 3.21. The smallest absolute Gasteiger partial charge is 0.230 e. The molecule has 0 unspecified atom stereocenters. The van der Waals surface area contributed by atoms with Gasteiger partial charge in [0.25, 0.3) is 0 Å². The summed E-state index contributed by atoms with van der Waals surface area (Å²) in [7, 11) is 0. The van der Waals surface area contributed by atoms with Gasteiger partial charge in [0.05, 0.1) is 5.41 Å². The maximum Gasteiger partial charge on any atom is 0.230 e. The average molecular weight is 300 g/mol. The first-order chi connectivity index (χ1) is 9.98. The Kier molecular flexibility index (Phi) is 4.88. The lowest BCUT2D eigenvalue weighted by molar-refractivity contribution is -0.127. The van der Waals surface area contributed by atoms with Crippen LogP contribution in [0.4, 0.5) is 18.9 Å². The van der Waals surface area contributed by atoms with Crippen LogP contribution in [0.2, 0.25) is 0 Å². The van der Waals surface area contributed by atoms with E-state index >= 15 is 0 Å². The summed E-state index contributed by atoms with van der Waals surface area (Å²) in [5, 5.41) is 5.49. The van der Waals surface area contributed by atoms with E-state index in [9.17, 15) is 18.0 Å². The molecular formula is C15H19F3N2O. The fraction of sp³-hybridized carbons (Fsp3) is 0.533. The molecule has 0 saturated carbocycles. The van der Waals surface area contributed by atoms with Gasteiger partial charge in [0.1, 0.15) is 11.5 Å². The highest BCUT2D eigenvalue weighted by Crippen LogP contribution is 2.36. The van der Waals surface area contributed by atoms with Crippen LogP contribution in [0.3, 0.4) is 0 Å². The Morgan fingerprint density at radius 3 is 2.33 bits per heavy atom. The van der Waals surface area contributed by atoms with Crippen LogP contribution in [0.5, 0.6) is 0 Å². The Hall–Kier alpha value is -1.56. The maximum absolute atomic E-state index is 13.6. The Labute approximate surface area is 121 Å². The molecule has 0 atom stereocenters. The molecule has 1 heterocycles. The van der Waals surface area contributed by atoms with E-state index in [2.05, 4.69) is 10.6 Å². The van der Waals surface area contributed by atoms with Crippen molar-refractivity contribution in [1.82, 2.24) is 5.32 Å². The van der Waals surface area contributed by atoms with Gasteiger partial charge in [0.15, 0.2) is 11.6 Å². The molecule has 0 spiro atoms. The molecule has 1 aliphatic rings. The molecule has 1 aromatic rings. The molecule has 0 radical (unpaired) electrons. The van der Waals surface area contributed by atoms with Gasteiger partial charge in [-0.05, 0) is 32.4 Å². The van der Waals surface area contributed by atoms with E-state index in [1.807, 2.05) is 6.92 Å². The lowest BCUT2D eigenvalue weighted by atomic mass is 9.74. The Balaban J connectivity index is 2.23. The van der Waals surface area contributed by atoms with Gasteiger partial charge >= 0.3 is 0 Å². The summed E-state index contributed by atoms with van der Waals surface area (Å²) in [6.45, 7) is 3.36. The third-order valence-corrected chi connectivity index (χ3v) is 4.02. The second-order valence-electron chi connectivity index (χ2n) is 5.48. The van der Waals surface area contributed by atoms with E-state index in [1.165, 1.54) is 0 Å². The zero-order chi connectivity index (χ0) is 15.5. The minimum Gasteiger partial charge on any atom is -0.321 e. The van der Waals surface area contributed by atoms with E-state index in [-0.39, 0.29) is 0 Å². The summed E-state index contributed by atoms with van der Waals surface area (Å²) in [6.07, 6.45) is 2.71. The zero-order valence-electron chi connectivity index (χ0n) is 11.9. The third-order valence-electron chi connectivity index (χ3n) is 4.02. The second-order valence-corrected chi connectivity index (χ2v) is 5.48. The Morgan fingerprint density at radius 1 is 1.24 bits per heavy atom. The van der Waals surface area contributed by atoms with Crippen molar-refractivity contribution in [2.24, 2.45) is 5.41 Å². The standard InChI is InChI=1S/C15H19F3N2O/c1-2-3-15(4-6-19-7-5-15)14(21)20-13-11(17)8-10(16)9-12(13)18/h8-9,19H,2-7H2,1H3,(H,20,21). The summed E-state index contributed by atoms with van der Waals surface area (Å²) in [4.78, 5) is 12.5. The number of halogens is 3. The highest BCUT2D eigenvalue weighted by atomic mass is 19.1. The van der Waals surface area contributed by atoms with Crippen LogP contribution in [-0.4, -0.2) is 19.0 Å². The van der Waals surface area contributed by atoms with E-state index in [1.54, 1.807) is 0 Å². The summed E-state index contributed by atoms with van der Waals surface area (Å²) in [5.74, 6) is -3.59. The Bertz CT molecular complexity index is 499. The number of hydrogen-bond acceptors (Lipinski definition) is 2. The van der Waals surface area contributed by atoms with Crippen molar-refractivity contribution in [3.05, 3.63) is 29.6 Å². The van der Waals surface area contributed by atoms with Gasteiger partial charge in [0.2, 0.25) is 5.91 Å². The number of amides is 1. The van der Waals surface area contributed by atoms with Crippen molar-refractivity contribution < 1.29 is 18.0 Å². The fourth-order valence-electron chi connectivity index (χ4n) is 2.88. The number of rotatable bonds is 4. The quantitative estimate of drug-likeness (QED) is 0.896. The van der Waals surface area contributed by atoms with Crippen LogP contribution in [0.15, 0.2) is 12.1 Å². The highest BCUT2D eigenvalue weighted by Gasteiger charge is 2.39. The topological polar surface area (TPSA) is 41.1 Å². The van der Waals surface area contributed by atoms with Gasteiger partial charge in [-0.15, -0.1) is 0 Å². The molecule has 2 rings (SSSR count). The zero-order valence-corrected chi connectivity index (χ0v) is 11.9. The number of nitrogens with one attached hydrogen (secondary N) is 2. The van der Waals surface area contributed by atoms with Gasteiger partial charge in [-0.2, -0.15) is 0 Å². The van der Waals surface area contributed by atoms with Crippen LogP contribution >= 0.6 is 0 Å². The lowest BCUT2D eigenvalue weighted by Gasteiger charge is -2.36. The van der Waals surface area contributed by atoms with Crippen molar-refractivity contribution in [2.75, 3.05) is 18.4 Å². The molecule has 1 fully saturated rings. The minimum absolute atomic E-state index is 0.393. The fourth-order valence-corrected chi connectivity index (χ4v) is 2.88. The summed E-state index contributed by atoms with van der Waals surface area (Å²) < 4.78 is 40.2. The monoisotopic (exact) mass is 300 g/mol. The first-order valence-electron chi connectivity index (χ1n) is 7.15. The molecule has 3 nitrogen and oxygen atoms in total. The van der Waals surface area contributed by atoms with Crippen LogP contribution < -0.4 is 10.6 Å². The molecule has 1 aromatic carbocycles. The molecule has 1 amide bonds. The molecule has 116 valence electrons. The van der Waals surface area contributed by atoms with Crippen molar-refractivity contribution in [1.29, 1.82) is 0 Å². The molecule has 1 aliphatic heterocycles. The molecule has 0 aromatic heterocycles. The molecular weight excluding hydrogens is 281 g/mol. The summed E-state index contributed by atoms with van der Waals surface area (Å²) >= 11 is 0. The molecule has 21 heavy (non-hydrogen) atoms. The number of carbonyl (C=O) groups is 1. The third kappa shape index (κ3) is 3.37. The number of carbonyl (C=O) groups excluding carboxylic acids is 1. The second kappa shape index (κ2) is 6.47. The summed E-state index contributed by atoms with van der Waals surface area (Å²) in [6, 6.07) is 1.13. The first-order valence-corrected chi connectivity index (χ1v) is 7.15. The lowest BCUT2D eigenvalue weighted by Crippen LogP contribution is -2.45. The van der Waals surface area contributed by atoms with Crippen molar-refractivity contribution >= 4 is 11.6 Å². The predicted molar refractivity (Wildman–Crippen MR) is 74.4 cm³/mol. The minimum atomic E-state index is -1.10. The Morgan fingerprint density at radius 2 is 1.81 bits per heavy atom. The van der Waals surface area contributed by atoms with E-state index in [4.69, 9.17) is 0 Å². The number of benzene rings is 1. The van der Waals surface area contributed by atoms with Crippen molar-refractivity contribution in [3.8, 4) is 0 Å². The molecule has 6 heteroatoms. The summed E-state index contributed by atoms with van der Waals surface area (Å²) in [5.41, 5.74) is -1.19. The van der Waals surface area contributed by atoms with Crippen molar-refractivity contribution in [3.63, 3.8) is 0 Å². The van der Waals surface area contributed by atoms with Gasteiger partial charge in [-0.1, -0.05) is 13.3 Å². The van der Waals surface area contributed by atoms with Gasteiger partial charge in [-0.3, -0.25) is 4.79 Å². The highest BCUT2D eigenvalue weighted by molar-refractivity contribution is 5.95. The van der Waals surface area contributed by atoms with E-state index in [0.29, 0.717) is 44.5 Å². The van der Waals surface area contributed by atoms with Crippen LogP contribution in [0.1, 0.15) is 32.6 Å². The van der Waals surface area contributed by atoms with Gasteiger partial charge in [0, 0.05) is 12.1 Å². The largest absolute Gasteiger partial charge is 0.321 e. The molecule has 2 N–H and O–H groups in total. The van der Waals surface area contributed by atoms with Crippen LogP contribution in [0.25, 0.3) is 0 Å². The molecule has 0 aliphatic carbocycles. The number of piperidine rings is 1. The average Bonchev–Trinajstić information content (AvgIpc) is 2.44. The van der Waals surface area contributed by atoms with Gasteiger partial charge in [-0.25, -0.2) is 13.2 Å². The first kappa shape index (κ1) is 15.8. The van der Waals surface area contributed by atoms with Gasteiger partial charge < -0.3 is 10.6 Å². The molecule has 1 saturated heterocycles. The van der Waals surface area contributed by atoms with Crippen molar-refractivity contribution in [2.45, 2.75) is 32.6 Å². The normalized spacial score (nSPS) is 17.5. The van der Waals surface area contributed by atoms with Crippen LogP contribution in [0, 0.1) is 22.9 Å².